The number of rotatable bonds is 5. The van der Waals surface area contributed by atoms with Gasteiger partial charge in [-0.05, 0) is 36.5 Å². The third kappa shape index (κ3) is 4.18. The monoisotopic (exact) mass is 295 g/mol. The number of hydrogen-bond acceptors (Lipinski definition) is 4. The second-order valence-corrected chi connectivity index (χ2v) is 8.24. The van der Waals surface area contributed by atoms with Gasteiger partial charge in [-0.15, -0.1) is 10.2 Å². The van der Waals surface area contributed by atoms with E-state index in [4.69, 9.17) is 0 Å². The summed E-state index contributed by atoms with van der Waals surface area (Å²) >= 11 is 1.74. The highest BCUT2D eigenvalue weighted by Crippen LogP contribution is 2.35. The molecule has 3 nitrogen and oxygen atoms in total. The minimum absolute atomic E-state index is 0.568. The van der Waals surface area contributed by atoms with Gasteiger partial charge in [-0.1, -0.05) is 52.4 Å². The third-order valence-electron chi connectivity index (χ3n) is 4.38. The molecule has 20 heavy (non-hydrogen) atoms. The van der Waals surface area contributed by atoms with Crippen molar-refractivity contribution in [3.8, 4) is 0 Å². The topological polar surface area (TPSA) is 37.8 Å². The molecule has 1 heterocycles. The molecule has 0 aliphatic heterocycles. The number of aromatic nitrogens is 2. The summed E-state index contributed by atoms with van der Waals surface area (Å²) in [6, 6.07) is 0.568. The normalized spacial score (nSPS) is 27.2. The molecule has 2 rings (SSSR count). The van der Waals surface area contributed by atoms with E-state index in [9.17, 15) is 0 Å². The Hall–Kier alpha value is -0.640. The maximum absolute atomic E-state index is 4.34. The van der Waals surface area contributed by atoms with Crippen molar-refractivity contribution < 1.29 is 0 Å². The van der Waals surface area contributed by atoms with Crippen LogP contribution in [0.2, 0.25) is 0 Å². The van der Waals surface area contributed by atoms with Gasteiger partial charge in [0.05, 0.1) is 0 Å². The Bertz CT molecular complexity index is 414. The molecule has 1 aromatic heterocycles. The molecule has 0 amide bonds. The number of hydrogen-bond donors (Lipinski definition) is 1. The molecule has 0 spiro atoms. The summed E-state index contributed by atoms with van der Waals surface area (Å²) in [5, 5.41) is 14.5. The van der Waals surface area contributed by atoms with Gasteiger partial charge in [-0.25, -0.2) is 0 Å². The van der Waals surface area contributed by atoms with Crippen LogP contribution in [-0.4, -0.2) is 16.2 Å². The zero-order chi connectivity index (χ0) is 14.7. The number of anilines is 1. The van der Waals surface area contributed by atoms with Crippen LogP contribution < -0.4 is 5.32 Å². The third-order valence-corrected chi connectivity index (χ3v) is 5.26. The second kappa shape index (κ2) is 6.88. The largest absolute Gasteiger partial charge is 0.357 e. The van der Waals surface area contributed by atoms with Gasteiger partial charge in [0.2, 0.25) is 5.13 Å². The smallest absolute Gasteiger partial charge is 0.205 e. The lowest BCUT2D eigenvalue weighted by atomic mass is 9.74. The van der Waals surface area contributed by atoms with Gasteiger partial charge in [0, 0.05) is 12.5 Å². The Morgan fingerprint density at radius 3 is 2.60 bits per heavy atom. The number of nitrogens with zero attached hydrogens (tertiary/aromatic N) is 2. The van der Waals surface area contributed by atoms with Crippen molar-refractivity contribution >= 4 is 16.5 Å². The minimum Gasteiger partial charge on any atom is -0.357 e. The average molecular weight is 295 g/mol. The molecule has 1 N–H and O–H groups in total. The minimum atomic E-state index is 0.568. The first kappa shape index (κ1) is 15.7. The van der Waals surface area contributed by atoms with Crippen molar-refractivity contribution in [3.63, 3.8) is 0 Å². The molecule has 1 aromatic rings. The molecule has 1 aliphatic rings. The van der Waals surface area contributed by atoms with Crippen molar-refractivity contribution in [2.75, 3.05) is 5.32 Å². The molecule has 114 valence electrons. The van der Waals surface area contributed by atoms with E-state index in [1.807, 2.05) is 0 Å². The summed E-state index contributed by atoms with van der Waals surface area (Å²) in [7, 11) is 0. The molecular formula is C16H29N3S. The molecule has 3 unspecified atom stereocenters. The maximum Gasteiger partial charge on any atom is 0.205 e. The van der Waals surface area contributed by atoms with Gasteiger partial charge in [0.1, 0.15) is 5.01 Å². The first-order chi connectivity index (χ1) is 9.45. The summed E-state index contributed by atoms with van der Waals surface area (Å²) in [4.78, 5) is 0. The van der Waals surface area contributed by atoms with Crippen molar-refractivity contribution in [2.24, 2.45) is 23.7 Å². The van der Waals surface area contributed by atoms with E-state index in [1.165, 1.54) is 19.3 Å². The van der Waals surface area contributed by atoms with Gasteiger partial charge >= 0.3 is 0 Å². The second-order valence-electron chi connectivity index (χ2n) is 7.18. The first-order valence-electron chi connectivity index (χ1n) is 8.04. The molecule has 0 bridgehead atoms. The van der Waals surface area contributed by atoms with E-state index in [0.717, 1.165) is 34.3 Å². The Morgan fingerprint density at radius 2 is 1.95 bits per heavy atom. The fourth-order valence-electron chi connectivity index (χ4n) is 3.27. The quantitative estimate of drug-likeness (QED) is 0.862. The lowest BCUT2D eigenvalue weighted by molar-refractivity contribution is 0.212. The SMILES string of the molecule is CC(C)Cc1nnc(NC2CC(C)CCC2C(C)C)s1. The molecule has 1 fully saturated rings. The molecular weight excluding hydrogens is 266 g/mol. The molecule has 1 saturated carbocycles. The van der Waals surface area contributed by atoms with Gasteiger partial charge in [0.25, 0.3) is 0 Å². The summed E-state index contributed by atoms with van der Waals surface area (Å²) < 4.78 is 0. The van der Waals surface area contributed by atoms with E-state index in [-0.39, 0.29) is 0 Å². The Labute approximate surface area is 127 Å². The van der Waals surface area contributed by atoms with Gasteiger partial charge in [-0.2, -0.15) is 0 Å². The Balaban J connectivity index is 2.00. The fourth-order valence-corrected chi connectivity index (χ4v) is 4.28. The number of nitrogens with one attached hydrogen (secondary N) is 1. The molecule has 0 saturated heterocycles. The molecule has 4 heteroatoms. The van der Waals surface area contributed by atoms with Crippen LogP contribution in [0.5, 0.6) is 0 Å². The van der Waals surface area contributed by atoms with Crippen LogP contribution in [0.25, 0.3) is 0 Å². The van der Waals surface area contributed by atoms with Gasteiger partial charge in [-0.3, -0.25) is 0 Å². The lowest BCUT2D eigenvalue weighted by Crippen LogP contribution is -2.37. The summed E-state index contributed by atoms with van der Waals surface area (Å²) in [6.07, 6.45) is 5.01. The van der Waals surface area contributed by atoms with E-state index < -0.39 is 0 Å². The molecule has 3 atom stereocenters. The van der Waals surface area contributed by atoms with Crippen LogP contribution in [0.3, 0.4) is 0 Å². The van der Waals surface area contributed by atoms with E-state index >= 15 is 0 Å². The Kier molecular flexibility index (Phi) is 5.42. The highest BCUT2D eigenvalue weighted by atomic mass is 32.1. The van der Waals surface area contributed by atoms with Crippen molar-refractivity contribution in [1.82, 2.24) is 10.2 Å². The summed E-state index contributed by atoms with van der Waals surface area (Å²) in [5.74, 6) is 2.98. The summed E-state index contributed by atoms with van der Waals surface area (Å²) in [5.41, 5.74) is 0. The van der Waals surface area contributed by atoms with E-state index in [1.54, 1.807) is 11.3 Å². The molecule has 0 aromatic carbocycles. The predicted octanol–water partition coefficient (Wildman–Crippen LogP) is 4.61. The predicted molar refractivity (Wildman–Crippen MR) is 87.2 cm³/mol. The van der Waals surface area contributed by atoms with E-state index in [2.05, 4.69) is 50.1 Å². The van der Waals surface area contributed by atoms with Crippen molar-refractivity contribution in [3.05, 3.63) is 5.01 Å². The highest BCUT2D eigenvalue weighted by Gasteiger charge is 2.31. The first-order valence-corrected chi connectivity index (χ1v) is 8.86. The van der Waals surface area contributed by atoms with Crippen LogP contribution in [0.15, 0.2) is 0 Å². The zero-order valence-corrected chi connectivity index (χ0v) is 14.3. The van der Waals surface area contributed by atoms with Crippen molar-refractivity contribution in [2.45, 2.75) is 66.3 Å². The zero-order valence-electron chi connectivity index (χ0n) is 13.5. The van der Waals surface area contributed by atoms with Gasteiger partial charge in [0.15, 0.2) is 0 Å². The van der Waals surface area contributed by atoms with Crippen LogP contribution >= 0.6 is 11.3 Å². The standard InChI is InChI=1S/C16H29N3S/c1-10(2)8-15-18-19-16(20-15)17-14-9-12(5)6-7-13(14)11(3)4/h10-14H,6-9H2,1-5H3,(H,17,19). The fraction of sp³-hybridized carbons (Fsp3) is 0.875. The Morgan fingerprint density at radius 1 is 1.20 bits per heavy atom. The van der Waals surface area contributed by atoms with Crippen LogP contribution in [-0.2, 0) is 6.42 Å². The molecule has 0 radical (unpaired) electrons. The molecule has 1 aliphatic carbocycles. The van der Waals surface area contributed by atoms with Crippen molar-refractivity contribution in [1.29, 1.82) is 0 Å². The maximum atomic E-state index is 4.34. The highest BCUT2D eigenvalue weighted by molar-refractivity contribution is 7.15. The van der Waals surface area contributed by atoms with Crippen LogP contribution in [0.4, 0.5) is 5.13 Å². The van der Waals surface area contributed by atoms with E-state index in [0.29, 0.717) is 12.0 Å². The lowest BCUT2D eigenvalue weighted by Gasteiger charge is -2.37. The van der Waals surface area contributed by atoms with Gasteiger partial charge < -0.3 is 5.32 Å². The van der Waals surface area contributed by atoms with Crippen LogP contribution in [0, 0.1) is 23.7 Å². The average Bonchev–Trinajstić information content (AvgIpc) is 2.75. The summed E-state index contributed by atoms with van der Waals surface area (Å²) in [6.45, 7) is 11.5. The van der Waals surface area contributed by atoms with Crippen LogP contribution in [0.1, 0.15) is 58.9 Å².